The van der Waals surface area contributed by atoms with E-state index in [0.717, 1.165) is 19.0 Å². The van der Waals surface area contributed by atoms with Gasteiger partial charge in [0, 0.05) is 0 Å². The van der Waals surface area contributed by atoms with Crippen LogP contribution in [-0.2, 0) is 6.42 Å². The Morgan fingerprint density at radius 1 is 1.12 bits per heavy atom. The van der Waals surface area contributed by atoms with Crippen LogP contribution in [0.3, 0.4) is 0 Å². The van der Waals surface area contributed by atoms with Crippen LogP contribution in [0.2, 0.25) is 0 Å². The Labute approximate surface area is 104 Å². The van der Waals surface area contributed by atoms with Gasteiger partial charge in [0.15, 0.2) is 12.4 Å². The van der Waals surface area contributed by atoms with Crippen LogP contribution in [0.4, 0.5) is 0 Å². The highest BCUT2D eigenvalue weighted by Crippen LogP contribution is 2.30. The topological polar surface area (TPSA) is 24.7 Å². The van der Waals surface area contributed by atoms with E-state index in [-0.39, 0.29) is 0 Å². The number of aliphatic imine (C=N–C) groups is 2. The van der Waals surface area contributed by atoms with Gasteiger partial charge in [-0.2, -0.15) is 0 Å². The number of nitrogens with zero attached hydrogens (tertiary/aromatic N) is 2. The number of hydrogen-bond donors (Lipinski definition) is 0. The molecule has 1 aliphatic heterocycles. The molecular formula is C15H19N2+. The highest BCUT2D eigenvalue weighted by Gasteiger charge is 2.30. The number of hydrogen-bond acceptors (Lipinski definition) is 2. The minimum absolute atomic E-state index is 0.426. The van der Waals surface area contributed by atoms with Crippen molar-refractivity contribution in [2.24, 2.45) is 21.8 Å². The predicted molar refractivity (Wildman–Crippen MR) is 73.3 cm³/mol. The van der Waals surface area contributed by atoms with E-state index in [4.69, 9.17) is 0 Å². The highest BCUT2D eigenvalue weighted by molar-refractivity contribution is 6.18. The van der Waals surface area contributed by atoms with Gasteiger partial charge in [-0.1, -0.05) is 53.7 Å². The van der Waals surface area contributed by atoms with Crippen LogP contribution in [-0.4, -0.2) is 12.4 Å². The van der Waals surface area contributed by atoms with Gasteiger partial charge in [0.25, 0.3) is 0 Å². The molecule has 2 unspecified atom stereocenters. The molecule has 0 aromatic heterocycles. The lowest BCUT2D eigenvalue weighted by Crippen LogP contribution is -2.18. The summed E-state index contributed by atoms with van der Waals surface area (Å²) in [5.74, 6) is 1.04. The van der Waals surface area contributed by atoms with Gasteiger partial charge < -0.3 is 0 Å². The van der Waals surface area contributed by atoms with Crippen molar-refractivity contribution in [3.8, 4) is 0 Å². The van der Waals surface area contributed by atoms with Crippen LogP contribution in [0.15, 0.2) is 40.3 Å². The summed E-state index contributed by atoms with van der Waals surface area (Å²) in [5.41, 5.74) is 1.40. The lowest BCUT2D eigenvalue weighted by Gasteiger charge is -2.20. The monoisotopic (exact) mass is 227 g/mol. The van der Waals surface area contributed by atoms with Crippen LogP contribution in [0.5, 0.6) is 0 Å². The van der Waals surface area contributed by atoms with Crippen molar-refractivity contribution in [2.45, 2.75) is 26.7 Å². The van der Waals surface area contributed by atoms with E-state index in [2.05, 4.69) is 54.2 Å². The molecule has 0 bridgehead atoms. The molecule has 1 heterocycles. The molecule has 2 nitrogen and oxygen atoms in total. The predicted octanol–water partition coefficient (Wildman–Crippen LogP) is 3.54. The molecule has 2 atom stereocenters. The SMILES string of the molecule is CCC(Cc1ccccc1)C(C)[C+]1N=CC=N1. The first kappa shape index (κ1) is 11.9. The van der Waals surface area contributed by atoms with Crippen LogP contribution in [0.25, 0.3) is 0 Å². The summed E-state index contributed by atoms with van der Waals surface area (Å²) in [7, 11) is 0. The van der Waals surface area contributed by atoms with Gasteiger partial charge >= 0.3 is 0 Å². The van der Waals surface area contributed by atoms with E-state index in [9.17, 15) is 0 Å². The van der Waals surface area contributed by atoms with E-state index >= 15 is 0 Å². The molecule has 0 spiro atoms. The summed E-state index contributed by atoms with van der Waals surface area (Å²) in [6, 6.07) is 10.7. The zero-order valence-corrected chi connectivity index (χ0v) is 10.5. The van der Waals surface area contributed by atoms with Gasteiger partial charge in [0.2, 0.25) is 6.17 Å². The van der Waals surface area contributed by atoms with Crippen molar-refractivity contribution in [3.63, 3.8) is 0 Å². The second kappa shape index (κ2) is 5.67. The first-order valence-electron chi connectivity index (χ1n) is 6.28. The molecule has 88 valence electrons. The van der Waals surface area contributed by atoms with Crippen molar-refractivity contribution in [2.75, 3.05) is 0 Å². The molecule has 0 fully saturated rings. The Balaban J connectivity index is 2.01. The quantitative estimate of drug-likeness (QED) is 0.687. The Morgan fingerprint density at radius 2 is 1.76 bits per heavy atom. The van der Waals surface area contributed by atoms with Gasteiger partial charge in [-0.3, -0.25) is 0 Å². The molecule has 0 saturated heterocycles. The summed E-state index contributed by atoms with van der Waals surface area (Å²) in [5, 5.41) is 0. The Morgan fingerprint density at radius 3 is 2.35 bits per heavy atom. The van der Waals surface area contributed by atoms with Crippen molar-refractivity contribution in [1.29, 1.82) is 0 Å². The van der Waals surface area contributed by atoms with Crippen molar-refractivity contribution >= 4 is 12.4 Å². The summed E-state index contributed by atoms with van der Waals surface area (Å²) in [6.07, 6.45) is 6.80. The van der Waals surface area contributed by atoms with Gasteiger partial charge in [-0.15, -0.1) is 0 Å². The van der Waals surface area contributed by atoms with Gasteiger partial charge in [-0.05, 0) is 24.8 Å². The third kappa shape index (κ3) is 2.96. The summed E-state index contributed by atoms with van der Waals surface area (Å²) in [4.78, 5) is 8.63. The second-order valence-electron chi connectivity index (χ2n) is 4.56. The number of benzene rings is 1. The normalized spacial score (nSPS) is 17.4. The molecule has 0 radical (unpaired) electrons. The smallest absolute Gasteiger partial charge is 0.0965 e. The summed E-state index contributed by atoms with van der Waals surface area (Å²) >= 11 is 0. The Bertz CT molecular complexity index is 383. The molecule has 0 aliphatic carbocycles. The highest BCUT2D eigenvalue weighted by atomic mass is 15.0. The van der Waals surface area contributed by atoms with E-state index in [0.29, 0.717) is 11.8 Å². The van der Waals surface area contributed by atoms with Gasteiger partial charge in [0.05, 0.1) is 5.92 Å². The molecular weight excluding hydrogens is 208 g/mol. The van der Waals surface area contributed by atoms with E-state index < -0.39 is 0 Å². The average molecular weight is 227 g/mol. The molecule has 0 saturated carbocycles. The molecule has 0 amide bonds. The maximum absolute atomic E-state index is 4.32. The zero-order chi connectivity index (χ0) is 12.1. The lowest BCUT2D eigenvalue weighted by atomic mass is 9.84. The third-order valence-corrected chi connectivity index (χ3v) is 3.46. The second-order valence-corrected chi connectivity index (χ2v) is 4.56. The minimum atomic E-state index is 0.426. The molecule has 1 aliphatic rings. The molecule has 2 heteroatoms. The van der Waals surface area contributed by atoms with Crippen LogP contribution < -0.4 is 0 Å². The Hall–Kier alpha value is -1.57. The van der Waals surface area contributed by atoms with Gasteiger partial charge in [0.1, 0.15) is 0 Å². The molecule has 1 aromatic rings. The molecule has 17 heavy (non-hydrogen) atoms. The van der Waals surface area contributed by atoms with Crippen molar-refractivity contribution in [1.82, 2.24) is 0 Å². The van der Waals surface area contributed by atoms with Crippen LogP contribution >= 0.6 is 0 Å². The molecule has 0 N–H and O–H groups in total. The van der Waals surface area contributed by atoms with Crippen molar-refractivity contribution in [3.05, 3.63) is 42.1 Å². The first-order valence-corrected chi connectivity index (χ1v) is 6.28. The number of rotatable bonds is 5. The maximum atomic E-state index is 4.32. The molecule has 1 aromatic carbocycles. The average Bonchev–Trinajstić information content (AvgIpc) is 2.90. The maximum Gasteiger partial charge on any atom is 0.243 e. The fourth-order valence-corrected chi connectivity index (χ4v) is 2.29. The van der Waals surface area contributed by atoms with Crippen molar-refractivity contribution < 1.29 is 0 Å². The minimum Gasteiger partial charge on any atom is -0.0965 e. The van der Waals surface area contributed by atoms with E-state index in [1.165, 1.54) is 5.56 Å². The van der Waals surface area contributed by atoms with Crippen LogP contribution in [0.1, 0.15) is 25.8 Å². The zero-order valence-electron chi connectivity index (χ0n) is 10.5. The Kier molecular flexibility index (Phi) is 3.97. The lowest BCUT2D eigenvalue weighted by molar-refractivity contribution is 0.353. The summed E-state index contributed by atoms with van der Waals surface area (Å²) < 4.78 is 0. The summed E-state index contributed by atoms with van der Waals surface area (Å²) in [6.45, 7) is 4.47. The fraction of sp³-hybridized carbons (Fsp3) is 0.400. The first-order chi connectivity index (χ1) is 8.31. The fourth-order valence-electron chi connectivity index (χ4n) is 2.29. The van der Waals surface area contributed by atoms with Gasteiger partial charge in [-0.25, -0.2) is 0 Å². The van der Waals surface area contributed by atoms with Crippen LogP contribution in [0, 0.1) is 18.0 Å². The van der Waals surface area contributed by atoms with E-state index in [1.807, 2.05) is 0 Å². The third-order valence-electron chi connectivity index (χ3n) is 3.46. The largest absolute Gasteiger partial charge is 0.243 e. The standard InChI is InChI=1S/C15H19N2/c1-3-14(11-13-7-5-4-6-8-13)12(2)15-16-9-10-17-15/h4-10,12,14H,3,11H2,1-2H3/q+1. The van der Waals surface area contributed by atoms with E-state index in [1.54, 1.807) is 12.4 Å². The molecule has 2 rings (SSSR count).